The van der Waals surface area contributed by atoms with Crippen molar-refractivity contribution < 1.29 is 4.74 Å². The van der Waals surface area contributed by atoms with Gasteiger partial charge in [0.2, 0.25) is 0 Å². The predicted octanol–water partition coefficient (Wildman–Crippen LogP) is 7.26. The Kier molecular flexibility index (Phi) is 9.15. The molecule has 0 aromatic rings. The van der Waals surface area contributed by atoms with Crippen molar-refractivity contribution in [1.29, 1.82) is 0 Å². The molecule has 2 atom stereocenters. The van der Waals surface area contributed by atoms with Crippen LogP contribution in [-0.4, -0.2) is 6.10 Å². The van der Waals surface area contributed by atoms with Crippen LogP contribution in [-0.2, 0) is 4.74 Å². The molecule has 0 aromatic heterocycles. The predicted molar refractivity (Wildman–Crippen MR) is 100 cm³/mol. The van der Waals surface area contributed by atoms with Gasteiger partial charge in [-0.2, -0.15) is 0 Å². The second kappa shape index (κ2) is 11.2. The van der Waals surface area contributed by atoms with Crippen LogP contribution in [0.2, 0.25) is 0 Å². The van der Waals surface area contributed by atoms with Crippen molar-refractivity contribution in [3.05, 3.63) is 12.3 Å². The van der Waals surface area contributed by atoms with Crippen molar-refractivity contribution in [1.82, 2.24) is 0 Å². The number of allylic oxidation sites excluding steroid dienone is 1. The van der Waals surface area contributed by atoms with E-state index in [-0.39, 0.29) is 0 Å². The number of ether oxygens (including phenoxy) is 1. The minimum atomic E-state index is 0.503. The Morgan fingerprint density at radius 3 is 2.43 bits per heavy atom. The molecular formula is C22H40O. The van der Waals surface area contributed by atoms with E-state index in [2.05, 4.69) is 19.9 Å². The van der Waals surface area contributed by atoms with Crippen LogP contribution in [0.5, 0.6) is 0 Å². The van der Waals surface area contributed by atoms with Gasteiger partial charge in [-0.25, -0.2) is 0 Å². The largest absolute Gasteiger partial charge is 0.498 e. The van der Waals surface area contributed by atoms with Gasteiger partial charge in [-0.1, -0.05) is 64.9 Å². The van der Waals surface area contributed by atoms with Gasteiger partial charge < -0.3 is 4.74 Å². The molecule has 0 spiro atoms. The molecule has 0 unspecified atom stereocenters. The van der Waals surface area contributed by atoms with Gasteiger partial charge >= 0.3 is 0 Å². The summed E-state index contributed by atoms with van der Waals surface area (Å²) in [5.74, 6) is 3.00. The molecule has 1 nitrogen and oxygen atoms in total. The minimum absolute atomic E-state index is 0.503. The quantitative estimate of drug-likeness (QED) is 0.321. The minimum Gasteiger partial charge on any atom is -0.498 e. The number of hydrogen-bond acceptors (Lipinski definition) is 1. The Balaban J connectivity index is 1.65. The van der Waals surface area contributed by atoms with Gasteiger partial charge in [0.25, 0.3) is 0 Å². The maximum absolute atomic E-state index is 5.96. The molecule has 2 saturated carbocycles. The first-order valence-electron chi connectivity index (χ1n) is 10.6. The molecular weight excluding hydrogens is 280 g/mol. The lowest BCUT2D eigenvalue weighted by molar-refractivity contribution is 0.0510. The van der Waals surface area contributed by atoms with Gasteiger partial charge in [0.15, 0.2) is 0 Å². The molecule has 2 fully saturated rings. The molecule has 0 aliphatic heterocycles. The SMILES string of the molecule is CCC=CO[C@@H]1CCC[C@@H](C2CCC(CCCCCC)CC2)C1. The van der Waals surface area contributed by atoms with Crippen LogP contribution in [0.4, 0.5) is 0 Å². The Morgan fingerprint density at radius 1 is 0.870 bits per heavy atom. The molecule has 0 heterocycles. The Hall–Kier alpha value is -0.460. The third kappa shape index (κ3) is 6.89. The third-order valence-corrected chi connectivity index (χ3v) is 6.29. The number of hydrogen-bond donors (Lipinski definition) is 0. The van der Waals surface area contributed by atoms with Gasteiger partial charge in [0.05, 0.1) is 12.4 Å². The zero-order valence-corrected chi connectivity index (χ0v) is 15.8. The Bertz CT molecular complexity index is 314. The van der Waals surface area contributed by atoms with Crippen molar-refractivity contribution >= 4 is 0 Å². The van der Waals surface area contributed by atoms with E-state index in [1.165, 1.54) is 83.5 Å². The Morgan fingerprint density at radius 2 is 1.70 bits per heavy atom. The lowest BCUT2D eigenvalue weighted by atomic mass is 9.70. The molecule has 134 valence electrons. The van der Waals surface area contributed by atoms with Gasteiger partial charge in [0.1, 0.15) is 0 Å². The van der Waals surface area contributed by atoms with E-state index in [1.54, 1.807) is 0 Å². The second-order valence-corrected chi connectivity index (χ2v) is 8.09. The molecule has 0 amide bonds. The standard InChI is InChI=1S/C22H40O/c1-3-5-7-8-10-19-13-15-20(16-14-19)21-11-9-12-22(18-21)23-17-6-4-2/h6,17,19-22H,3-5,7-16,18H2,1-2H3/t19?,20?,21-,22-/m1/s1. The van der Waals surface area contributed by atoms with Crippen LogP contribution in [0.25, 0.3) is 0 Å². The highest BCUT2D eigenvalue weighted by atomic mass is 16.5. The first-order chi connectivity index (χ1) is 11.3. The highest BCUT2D eigenvalue weighted by molar-refractivity contribution is 4.84. The fourth-order valence-electron chi connectivity index (χ4n) is 4.80. The first-order valence-corrected chi connectivity index (χ1v) is 10.6. The van der Waals surface area contributed by atoms with Gasteiger partial charge in [-0.05, 0) is 62.7 Å². The lowest BCUT2D eigenvalue weighted by Gasteiger charge is -2.38. The number of rotatable bonds is 9. The maximum Gasteiger partial charge on any atom is 0.0981 e. The monoisotopic (exact) mass is 320 g/mol. The molecule has 23 heavy (non-hydrogen) atoms. The molecule has 2 rings (SSSR count). The highest BCUT2D eigenvalue weighted by Gasteiger charge is 2.31. The van der Waals surface area contributed by atoms with E-state index in [9.17, 15) is 0 Å². The lowest BCUT2D eigenvalue weighted by Crippen LogP contribution is -2.29. The highest BCUT2D eigenvalue weighted by Crippen LogP contribution is 2.41. The maximum atomic E-state index is 5.96. The van der Waals surface area contributed by atoms with E-state index >= 15 is 0 Å². The van der Waals surface area contributed by atoms with E-state index in [0.717, 1.165) is 24.2 Å². The van der Waals surface area contributed by atoms with Gasteiger partial charge in [-0.3, -0.25) is 0 Å². The fraction of sp³-hybridized carbons (Fsp3) is 0.909. The molecule has 2 aliphatic carbocycles. The summed E-state index contributed by atoms with van der Waals surface area (Å²) >= 11 is 0. The van der Waals surface area contributed by atoms with Crippen LogP contribution >= 0.6 is 0 Å². The topological polar surface area (TPSA) is 9.23 Å². The zero-order chi connectivity index (χ0) is 16.3. The van der Waals surface area contributed by atoms with Crippen LogP contribution in [0.3, 0.4) is 0 Å². The summed E-state index contributed by atoms with van der Waals surface area (Å²) in [4.78, 5) is 0. The van der Waals surface area contributed by atoms with Crippen LogP contribution < -0.4 is 0 Å². The Labute approximate surface area is 145 Å². The molecule has 0 radical (unpaired) electrons. The summed E-state index contributed by atoms with van der Waals surface area (Å²) in [5, 5.41) is 0. The van der Waals surface area contributed by atoms with Crippen molar-refractivity contribution in [3.63, 3.8) is 0 Å². The van der Waals surface area contributed by atoms with Crippen molar-refractivity contribution in [3.8, 4) is 0 Å². The van der Waals surface area contributed by atoms with E-state index in [1.807, 2.05) is 6.26 Å². The molecule has 0 N–H and O–H groups in total. The van der Waals surface area contributed by atoms with Crippen molar-refractivity contribution in [2.45, 2.75) is 110 Å². The van der Waals surface area contributed by atoms with E-state index in [4.69, 9.17) is 4.74 Å². The molecule has 0 bridgehead atoms. The van der Waals surface area contributed by atoms with Crippen LogP contribution in [0.1, 0.15) is 104 Å². The van der Waals surface area contributed by atoms with E-state index < -0.39 is 0 Å². The fourth-order valence-corrected chi connectivity index (χ4v) is 4.80. The summed E-state index contributed by atoms with van der Waals surface area (Å²) in [5.41, 5.74) is 0. The van der Waals surface area contributed by atoms with Crippen molar-refractivity contribution in [2.24, 2.45) is 17.8 Å². The third-order valence-electron chi connectivity index (χ3n) is 6.29. The average Bonchev–Trinajstić information content (AvgIpc) is 2.60. The van der Waals surface area contributed by atoms with Gasteiger partial charge in [-0.15, -0.1) is 0 Å². The summed E-state index contributed by atoms with van der Waals surface area (Å²) < 4.78 is 5.96. The molecule has 0 saturated heterocycles. The summed E-state index contributed by atoms with van der Waals surface area (Å²) in [7, 11) is 0. The summed E-state index contributed by atoms with van der Waals surface area (Å²) in [6.07, 6.45) is 24.4. The number of unbranched alkanes of at least 4 members (excludes halogenated alkanes) is 3. The van der Waals surface area contributed by atoms with Crippen molar-refractivity contribution in [2.75, 3.05) is 0 Å². The van der Waals surface area contributed by atoms with E-state index in [0.29, 0.717) is 6.10 Å². The second-order valence-electron chi connectivity index (χ2n) is 8.09. The van der Waals surface area contributed by atoms with Crippen LogP contribution in [0, 0.1) is 17.8 Å². The van der Waals surface area contributed by atoms with Gasteiger partial charge in [0, 0.05) is 0 Å². The summed E-state index contributed by atoms with van der Waals surface area (Å²) in [6.45, 7) is 4.48. The summed E-state index contributed by atoms with van der Waals surface area (Å²) in [6, 6.07) is 0. The normalized spacial score (nSPS) is 32.3. The molecule has 0 aromatic carbocycles. The zero-order valence-electron chi connectivity index (χ0n) is 15.8. The molecule has 1 heteroatoms. The smallest absolute Gasteiger partial charge is 0.0981 e. The average molecular weight is 321 g/mol. The first kappa shape index (κ1) is 18.9. The molecule has 2 aliphatic rings. The van der Waals surface area contributed by atoms with Crippen LogP contribution in [0.15, 0.2) is 12.3 Å².